The first-order valence-corrected chi connectivity index (χ1v) is 6.91. The molecule has 112 valence electrons. The first kappa shape index (κ1) is 15.4. The van der Waals surface area contributed by atoms with Crippen LogP contribution in [0.4, 0.5) is 0 Å². The number of likely N-dealkylation sites (N-methyl/N-ethyl adjacent to an activating group) is 1. The third kappa shape index (κ3) is 4.83. The molecular weight excluding hydrogens is 268 g/mol. The Morgan fingerprint density at radius 1 is 1.62 bits per heavy atom. The number of hydrogen-bond acceptors (Lipinski definition) is 5. The molecule has 0 aliphatic carbocycles. The van der Waals surface area contributed by atoms with Gasteiger partial charge in [0, 0.05) is 37.6 Å². The number of hydrogen-bond donors (Lipinski definition) is 2. The van der Waals surface area contributed by atoms with E-state index in [-0.39, 0.29) is 18.6 Å². The Morgan fingerprint density at radius 3 is 3.24 bits per heavy atom. The van der Waals surface area contributed by atoms with Crippen LogP contribution in [0.5, 0.6) is 0 Å². The predicted molar refractivity (Wildman–Crippen MR) is 79.7 cm³/mol. The highest BCUT2D eigenvalue weighted by molar-refractivity contribution is 5.94. The second-order valence-corrected chi connectivity index (χ2v) is 4.93. The summed E-state index contributed by atoms with van der Waals surface area (Å²) in [5.74, 6) is 5.43. The summed E-state index contributed by atoms with van der Waals surface area (Å²) < 4.78 is 5.60. The van der Waals surface area contributed by atoms with Crippen molar-refractivity contribution < 1.29 is 9.53 Å². The Labute approximate surface area is 124 Å². The molecule has 1 fully saturated rings. The number of nitrogens with two attached hydrogens (primary N) is 1. The van der Waals surface area contributed by atoms with E-state index >= 15 is 0 Å². The van der Waals surface area contributed by atoms with E-state index in [1.807, 2.05) is 7.05 Å². The zero-order valence-corrected chi connectivity index (χ0v) is 12.1. The van der Waals surface area contributed by atoms with Gasteiger partial charge in [0.05, 0.1) is 24.8 Å². The molecule has 0 spiro atoms. The smallest absolute Gasteiger partial charge is 0.252 e. The fourth-order valence-corrected chi connectivity index (χ4v) is 2.08. The van der Waals surface area contributed by atoms with Crippen molar-refractivity contribution in [1.82, 2.24) is 15.2 Å². The van der Waals surface area contributed by atoms with Crippen molar-refractivity contribution in [2.75, 3.05) is 39.8 Å². The maximum atomic E-state index is 12.1. The molecule has 1 unspecified atom stereocenters. The van der Waals surface area contributed by atoms with Crippen molar-refractivity contribution >= 4 is 5.91 Å². The van der Waals surface area contributed by atoms with Gasteiger partial charge in [0.25, 0.3) is 5.91 Å². The molecular formula is C15H20N4O2. The monoisotopic (exact) mass is 288 g/mol. The number of morpholine rings is 1. The van der Waals surface area contributed by atoms with Gasteiger partial charge in [-0.05, 0) is 13.1 Å². The van der Waals surface area contributed by atoms with Gasteiger partial charge >= 0.3 is 0 Å². The topological polar surface area (TPSA) is 80.5 Å². The van der Waals surface area contributed by atoms with Crippen LogP contribution in [0.15, 0.2) is 18.5 Å². The van der Waals surface area contributed by atoms with Crippen LogP contribution in [-0.4, -0.2) is 61.7 Å². The molecule has 2 rings (SSSR count). The number of carbonyl (C=O) groups is 1. The number of rotatable bonds is 3. The standard InChI is InChI=1S/C15H20N4O2/c1-19-5-6-21-14(11-19)10-18-15(20)13-7-12(3-2-4-16)8-17-9-13/h7-9,14H,4-6,10-11,16H2,1H3,(H,18,20). The lowest BCUT2D eigenvalue weighted by Gasteiger charge is -2.30. The Balaban J connectivity index is 1.91. The van der Waals surface area contributed by atoms with Crippen molar-refractivity contribution in [3.63, 3.8) is 0 Å². The van der Waals surface area contributed by atoms with E-state index in [0.717, 1.165) is 13.1 Å². The van der Waals surface area contributed by atoms with Crippen LogP contribution in [0, 0.1) is 11.8 Å². The van der Waals surface area contributed by atoms with Crippen LogP contribution >= 0.6 is 0 Å². The number of pyridine rings is 1. The van der Waals surface area contributed by atoms with Gasteiger partial charge in [-0.1, -0.05) is 11.8 Å². The SMILES string of the molecule is CN1CCOC(CNC(=O)c2cncc(C#CCN)c2)C1. The Hall–Kier alpha value is -1.94. The van der Waals surface area contributed by atoms with E-state index in [0.29, 0.717) is 24.3 Å². The number of carbonyl (C=O) groups excluding carboxylic acids is 1. The summed E-state index contributed by atoms with van der Waals surface area (Å²) in [4.78, 5) is 18.3. The first-order valence-electron chi connectivity index (χ1n) is 6.91. The quantitative estimate of drug-likeness (QED) is 0.730. The minimum absolute atomic E-state index is 0.0286. The summed E-state index contributed by atoms with van der Waals surface area (Å²) in [6.07, 6.45) is 3.16. The fourth-order valence-electron chi connectivity index (χ4n) is 2.08. The van der Waals surface area contributed by atoms with Crippen molar-refractivity contribution in [3.8, 4) is 11.8 Å². The van der Waals surface area contributed by atoms with Gasteiger partial charge in [0.15, 0.2) is 0 Å². The van der Waals surface area contributed by atoms with Gasteiger partial charge in [-0.25, -0.2) is 0 Å². The summed E-state index contributed by atoms with van der Waals surface area (Å²) in [5.41, 5.74) is 6.50. The largest absolute Gasteiger partial charge is 0.374 e. The van der Waals surface area contributed by atoms with E-state index in [9.17, 15) is 4.79 Å². The van der Waals surface area contributed by atoms with Crippen molar-refractivity contribution in [1.29, 1.82) is 0 Å². The lowest BCUT2D eigenvalue weighted by atomic mass is 10.2. The highest BCUT2D eigenvalue weighted by atomic mass is 16.5. The number of amides is 1. The van der Waals surface area contributed by atoms with Gasteiger partial charge < -0.3 is 20.7 Å². The highest BCUT2D eigenvalue weighted by Crippen LogP contribution is 2.04. The zero-order chi connectivity index (χ0) is 15.1. The average Bonchev–Trinajstić information content (AvgIpc) is 2.51. The van der Waals surface area contributed by atoms with Crippen molar-refractivity contribution in [3.05, 3.63) is 29.6 Å². The van der Waals surface area contributed by atoms with E-state index in [4.69, 9.17) is 10.5 Å². The highest BCUT2D eigenvalue weighted by Gasteiger charge is 2.18. The maximum absolute atomic E-state index is 12.1. The molecule has 0 aromatic carbocycles. The summed E-state index contributed by atoms with van der Waals surface area (Å²) in [5, 5.41) is 2.87. The van der Waals surface area contributed by atoms with E-state index < -0.39 is 0 Å². The minimum Gasteiger partial charge on any atom is -0.374 e. The molecule has 1 saturated heterocycles. The van der Waals surface area contributed by atoms with Crippen LogP contribution in [-0.2, 0) is 4.74 Å². The zero-order valence-electron chi connectivity index (χ0n) is 12.1. The van der Waals surface area contributed by atoms with Crippen LogP contribution < -0.4 is 11.1 Å². The van der Waals surface area contributed by atoms with Crippen LogP contribution in [0.3, 0.4) is 0 Å². The normalized spacial score (nSPS) is 18.7. The molecule has 1 aromatic rings. The van der Waals surface area contributed by atoms with E-state index in [1.54, 1.807) is 12.3 Å². The maximum Gasteiger partial charge on any atom is 0.252 e. The van der Waals surface area contributed by atoms with Gasteiger partial charge in [-0.3, -0.25) is 9.78 Å². The van der Waals surface area contributed by atoms with Crippen LogP contribution in [0.25, 0.3) is 0 Å². The van der Waals surface area contributed by atoms with E-state index in [2.05, 4.69) is 27.0 Å². The van der Waals surface area contributed by atoms with Crippen LogP contribution in [0.2, 0.25) is 0 Å². The second kappa shape index (κ2) is 7.74. The lowest BCUT2D eigenvalue weighted by molar-refractivity contribution is -0.0175. The molecule has 1 aromatic heterocycles. The van der Waals surface area contributed by atoms with E-state index in [1.165, 1.54) is 6.20 Å². The molecule has 1 atom stereocenters. The molecule has 1 aliphatic heterocycles. The lowest BCUT2D eigenvalue weighted by Crippen LogP contribution is -2.45. The number of ether oxygens (including phenoxy) is 1. The molecule has 0 saturated carbocycles. The van der Waals surface area contributed by atoms with Gasteiger partial charge in [-0.2, -0.15) is 0 Å². The number of aromatic nitrogens is 1. The van der Waals surface area contributed by atoms with Gasteiger partial charge in [-0.15, -0.1) is 0 Å². The summed E-state index contributed by atoms with van der Waals surface area (Å²) in [6.45, 7) is 3.21. The molecule has 6 nitrogen and oxygen atoms in total. The Kier molecular flexibility index (Phi) is 5.69. The minimum atomic E-state index is -0.171. The number of nitrogens with zero attached hydrogens (tertiary/aromatic N) is 2. The Bertz CT molecular complexity index is 550. The molecule has 6 heteroatoms. The third-order valence-electron chi connectivity index (χ3n) is 3.17. The van der Waals surface area contributed by atoms with Gasteiger partial charge in [0.2, 0.25) is 0 Å². The van der Waals surface area contributed by atoms with Gasteiger partial charge in [0.1, 0.15) is 0 Å². The third-order valence-corrected chi connectivity index (χ3v) is 3.17. The predicted octanol–water partition coefficient (Wildman–Crippen LogP) is -0.548. The molecule has 1 aliphatic rings. The van der Waals surface area contributed by atoms with Crippen LogP contribution in [0.1, 0.15) is 15.9 Å². The molecule has 3 N–H and O–H groups in total. The summed E-state index contributed by atoms with van der Waals surface area (Å²) in [6, 6.07) is 1.71. The molecule has 0 radical (unpaired) electrons. The average molecular weight is 288 g/mol. The number of nitrogens with one attached hydrogen (secondary N) is 1. The molecule has 0 bridgehead atoms. The van der Waals surface area contributed by atoms with Crippen molar-refractivity contribution in [2.45, 2.75) is 6.10 Å². The summed E-state index contributed by atoms with van der Waals surface area (Å²) >= 11 is 0. The summed E-state index contributed by atoms with van der Waals surface area (Å²) in [7, 11) is 2.04. The fraction of sp³-hybridized carbons (Fsp3) is 0.467. The van der Waals surface area contributed by atoms with Crippen molar-refractivity contribution in [2.24, 2.45) is 5.73 Å². The Morgan fingerprint density at radius 2 is 2.48 bits per heavy atom. The second-order valence-electron chi connectivity index (χ2n) is 4.93. The first-order chi connectivity index (χ1) is 10.2. The molecule has 21 heavy (non-hydrogen) atoms. The molecule has 1 amide bonds. The molecule has 2 heterocycles.